The van der Waals surface area contributed by atoms with E-state index in [1.807, 2.05) is 5.32 Å². The number of imide groups is 1. The molecular formula is C19H17FN4O3S. The van der Waals surface area contributed by atoms with E-state index in [2.05, 4.69) is 4.98 Å². The third kappa shape index (κ3) is 4.37. The van der Waals surface area contributed by atoms with E-state index in [0.29, 0.717) is 21.6 Å². The number of nitrogens with zero attached hydrogens (tertiary/aromatic N) is 2. The van der Waals surface area contributed by atoms with Crippen molar-refractivity contribution in [2.45, 2.75) is 23.9 Å². The highest BCUT2D eigenvalue weighted by Gasteiger charge is 2.20. The molecule has 3 aromatic rings. The molecule has 3 amide bonds. The number of thioether (sulfide) groups is 1. The standard InChI is InChI=1S/C19H17FN4O3S/c1-11(16(25)23-18(21)27)28-19-22-15-5-3-2-4-14(15)17(26)24(19)10-12-6-8-13(20)9-7-12/h2-9,11H,10H2,1H3,(H3,21,23,25,27). The van der Waals surface area contributed by atoms with Crippen LogP contribution < -0.4 is 16.6 Å². The third-order valence-corrected chi connectivity index (χ3v) is 5.07. The summed E-state index contributed by atoms with van der Waals surface area (Å²) in [5, 5.41) is 2.03. The fourth-order valence-electron chi connectivity index (χ4n) is 2.58. The summed E-state index contributed by atoms with van der Waals surface area (Å²) in [6.45, 7) is 1.73. The predicted octanol–water partition coefficient (Wildman–Crippen LogP) is 2.26. The summed E-state index contributed by atoms with van der Waals surface area (Å²) in [6, 6.07) is 11.7. The molecule has 0 spiro atoms. The number of carbonyl (C=O) groups is 2. The Balaban J connectivity index is 2.03. The van der Waals surface area contributed by atoms with E-state index >= 15 is 0 Å². The van der Waals surface area contributed by atoms with Gasteiger partial charge in [0.25, 0.3) is 5.56 Å². The van der Waals surface area contributed by atoms with E-state index in [1.54, 1.807) is 43.3 Å². The molecule has 0 aliphatic carbocycles. The van der Waals surface area contributed by atoms with Crippen LogP contribution >= 0.6 is 11.8 Å². The molecule has 2 aromatic carbocycles. The predicted molar refractivity (Wildman–Crippen MR) is 105 cm³/mol. The Kier molecular flexibility index (Phi) is 5.74. The van der Waals surface area contributed by atoms with Gasteiger partial charge in [-0.2, -0.15) is 0 Å². The maximum absolute atomic E-state index is 13.2. The molecule has 0 saturated carbocycles. The van der Waals surface area contributed by atoms with E-state index in [4.69, 9.17) is 5.73 Å². The Bertz CT molecular complexity index is 1100. The van der Waals surface area contributed by atoms with Crippen LogP contribution in [0.5, 0.6) is 0 Å². The number of halogens is 1. The first-order chi connectivity index (χ1) is 13.3. The van der Waals surface area contributed by atoms with Crippen molar-refractivity contribution >= 4 is 34.6 Å². The minimum Gasteiger partial charge on any atom is -0.351 e. The highest BCUT2D eigenvalue weighted by molar-refractivity contribution is 8.00. The van der Waals surface area contributed by atoms with Gasteiger partial charge in [-0.05, 0) is 36.8 Å². The summed E-state index contributed by atoms with van der Waals surface area (Å²) >= 11 is 1.03. The van der Waals surface area contributed by atoms with Crippen molar-refractivity contribution in [1.82, 2.24) is 14.9 Å². The van der Waals surface area contributed by atoms with Crippen molar-refractivity contribution in [2.75, 3.05) is 0 Å². The van der Waals surface area contributed by atoms with Crippen LogP contribution in [0.1, 0.15) is 12.5 Å². The number of amides is 3. The number of para-hydroxylation sites is 1. The molecule has 144 valence electrons. The van der Waals surface area contributed by atoms with Gasteiger partial charge >= 0.3 is 6.03 Å². The van der Waals surface area contributed by atoms with Crippen molar-refractivity contribution < 1.29 is 14.0 Å². The SMILES string of the molecule is CC(Sc1nc2ccccc2c(=O)n1Cc1ccc(F)cc1)C(=O)NC(N)=O. The lowest BCUT2D eigenvalue weighted by Crippen LogP contribution is -2.39. The first-order valence-corrected chi connectivity index (χ1v) is 9.24. The van der Waals surface area contributed by atoms with E-state index in [1.165, 1.54) is 16.7 Å². The van der Waals surface area contributed by atoms with Crippen LogP contribution in [-0.2, 0) is 11.3 Å². The second-order valence-corrected chi connectivity index (χ2v) is 7.35. The molecule has 0 bridgehead atoms. The summed E-state index contributed by atoms with van der Waals surface area (Å²) in [5.41, 5.74) is 5.91. The molecule has 1 heterocycles. The number of rotatable bonds is 5. The average molecular weight is 400 g/mol. The average Bonchev–Trinajstić information content (AvgIpc) is 2.66. The lowest BCUT2D eigenvalue weighted by molar-refractivity contribution is -0.119. The van der Waals surface area contributed by atoms with E-state index in [-0.39, 0.29) is 17.9 Å². The van der Waals surface area contributed by atoms with Crippen LogP contribution in [-0.4, -0.2) is 26.7 Å². The number of hydrogen-bond donors (Lipinski definition) is 2. The lowest BCUT2D eigenvalue weighted by Gasteiger charge is -2.16. The van der Waals surface area contributed by atoms with Crippen molar-refractivity contribution in [1.29, 1.82) is 0 Å². The van der Waals surface area contributed by atoms with Crippen LogP contribution in [0.3, 0.4) is 0 Å². The zero-order valence-electron chi connectivity index (χ0n) is 14.9. The van der Waals surface area contributed by atoms with Gasteiger partial charge in [0.15, 0.2) is 5.16 Å². The smallest absolute Gasteiger partial charge is 0.318 e. The zero-order valence-corrected chi connectivity index (χ0v) is 15.7. The second kappa shape index (κ2) is 8.22. The maximum Gasteiger partial charge on any atom is 0.318 e. The number of aromatic nitrogens is 2. The largest absolute Gasteiger partial charge is 0.351 e. The molecule has 0 aliphatic rings. The lowest BCUT2D eigenvalue weighted by atomic mass is 10.2. The van der Waals surface area contributed by atoms with Crippen LogP contribution in [0.4, 0.5) is 9.18 Å². The van der Waals surface area contributed by atoms with Crippen molar-refractivity contribution in [3.05, 3.63) is 70.3 Å². The molecular weight excluding hydrogens is 383 g/mol. The molecule has 0 fully saturated rings. The number of nitrogens with two attached hydrogens (primary N) is 1. The number of carbonyl (C=O) groups excluding carboxylic acids is 2. The number of hydrogen-bond acceptors (Lipinski definition) is 5. The summed E-state index contributed by atoms with van der Waals surface area (Å²) in [5.74, 6) is -0.965. The summed E-state index contributed by atoms with van der Waals surface area (Å²) in [7, 11) is 0. The van der Waals surface area contributed by atoms with Crippen molar-refractivity contribution in [3.63, 3.8) is 0 Å². The van der Waals surface area contributed by atoms with Crippen molar-refractivity contribution in [3.8, 4) is 0 Å². The maximum atomic E-state index is 13.2. The van der Waals surface area contributed by atoms with Gasteiger partial charge in [0.2, 0.25) is 5.91 Å². The van der Waals surface area contributed by atoms with Crippen LogP contribution in [0.15, 0.2) is 58.5 Å². The number of benzene rings is 2. The van der Waals surface area contributed by atoms with E-state index in [9.17, 15) is 18.8 Å². The molecule has 0 aliphatic heterocycles. The Morgan fingerprint density at radius 2 is 1.89 bits per heavy atom. The number of primary amides is 1. The van der Waals surface area contributed by atoms with E-state index in [0.717, 1.165) is 11.8 Å². The first-order valence-electron chi connectivity index (χ1n) is 8.36. The quantitative estimate of drug-likeness (QED) is 0.505. The Labute approximate surface area is 163 Å². The zero-order chi connectivity index (χ0) is 20.3. The Morgan fingerprint density at radius 1 is 1.21 bits per heavy atom. The van der Waals surface area contributed by atoms with Gasteiger partial charge in [0, 0.05) is 0 Å². The van der Waals surface area contributed by atoms with Gasteiger partial charge in [-0.1, -0.05) is 36.0 Å². The number of fused-ring (bicyclic) bond motifs is 1. The Morgan fingerprint density at radius 3 is 2.57 bits per heavy atom. The summed E-state index contributed by atoms with van der Waals surface area (Å²) in [4.78, 5) is 40.5. The molecule has 3 rings (SSSR count). The van der Waals surface area contributed by atoms with E-state index < -0.39 is 17.2 Å². The molecule has 0 radical (unpaired) electrons. The fraction of sp³-hybridized carbons (Fsp3) is 0.158. The molecule has 1 unspecified atom stereocenters. The highest BCUT2D eigenvalue weighted by atomic mass is 32.2. The van der Waals surface area contributed by atoms with Gasteiger partial charge in [-0.3, -0.25) is 19.5 Å². The normalized spacial score (nSPS) is 11.9. The van der Waals surface area contributed by atoms with Crippen LogP contribution in [0.25, 0.3) is 10.9 Å². The van der Waals surface area contributed by atoms with Crippen molar-refractivity contribution in [2.24, 2.45) is 5.73 Å². The monoisotopic (exact) mass is 400 g/mol. The number of nitrogens with one attached hydrogen (secondary N) is 1. The summed E-state index contributed by atoms with van der Waals surface area (Å²) < 4.78 is 14.6. The van der Waals surface area contributed by atoms with Gasteiger partial charge in [0.1, 0.15) is 5.82 Å². The van der Waals surface area contributed by atoms with Gasteiger partial charge in [0.05, 0.1) is 22.7 Å². The molecule has 9 heteroatoms. The molecule has 0 saturated heterocycles. The number of urea groups is 1. The third-order valence-electron chi connectivity index (χ3n) is 3.98. The first kappa shape index (κ1) is 19.6. The Hall–Kier alpha value is -3.20. The topological polar surface area (TPSA) is 107 Å². The van der Waals surface area contributed by atoms with Crippen LogP contribution in [0.2, 0.25) is 0 Å². The van der Waals surface area contributed by atoms with Gasteiger partial charge in [-0.25, -0.2) is 14.2 Å². The fourth-order valence-corrected chi connectivity index (χ4v) is 3.49. The summed E-state index contributed by atoms with van der Waals surface area (Å²) in [6.07, 6.45) is 0. The second-order valence-electron chi connectivity index (χ2n) is 6.04. The highest BCUT2D eigenvalue weighted by Crippen LogP contribution is 2.23. The molecule has 28 heavy (non-hydrogen) atoms. The molecule has 1 aromatic heterocycles. The molecule has 7 nitrogen and oxygen atoms in total. The molecule has 1 atom stereocenters. The van der Waals surface area contributed by atoms with Gasteiger partial charge in [-0.15, -0.1) is 0 Å². The minimum absolute atomic E-state index is 0.156. The van der Waals surface area contributed by atoms with Gasteiger partial charge < -0.3 is 5.73 Å². The van der Waals surface area contributed by atoms with Crippen LogP contribution in [0, 0.1) is 5.82 Å². The molecule has 3 N–H and O–H groups in total. The minimum atomic E-state index is -0.951.